The average molecular weight is 702 g/mol. The van der Waals surface area contributed by atoms with E-state index in [4.69, 9.17) is 15.5 Å². The normalized spacial score (nSPS) is 21.2. The quantitative estimate of drug-likeness (QED) is 0.343. The second kappa shape index (κ2) is 16.7. The summed E-state index contributed by atoms with van der Waals surface area (Å²) in [6.07, 6.45) is 5.60. The van der Waals surface area contributed by atoms with Crippen LogP contribution in [0.1, 0.15) is 50.6 Å². The summed E-state index contributed by atoms with van der Waals surface area (Å²) in [4.78, 5) is 56.8. The Morgan fingerprint density at radius 3 is 2.26 bits per heavy atom. The number of nitrogens with zero attached hydrogens (tertiary/aromatic N) is 10. The zero-order valence-corrected chi connectivity index (χ0v) is 28.3. The smallest absolute Gasteiger partial charge is 0.281 e. The summed E-state index contributed by atoms with van der Waals surface area (Å²) in [7, 11) is 0. The van der Waals surface area contributed by atoms with Gasteiger partial charge in [0.25, 0.3) is 6.43 Å². The molecule has 50 heavy (non-hydrogen) atoms. The Morgan fingerprint density at radius 1 is 0.900 bits per heavy atom. The van der Waals surface area contributed by atoms with Crippen molar-refractivity contribution in [3.05, 3.63) is 24.0 Å². The van der Waals surface area contributed by atoms with Crippen LogP contribution in [0, 0.1) is 5.92 Å². The van der Waals surface area contributed by atoms with Crippen molar-refractivity contribution in [1.82, 2.24) is 39.6 Å². The van der Waals surface area contributed by atoms with Crippen LogP contribution < -0.4 is 15.5 Å². The number of aromatic nitrogens is 5. The lowest BCUT2D eigenvalue weighted by atomic mass is 9.91. The lowest BCUT2D eigenvalue weighted by Gasteiger charge is -2.35. The molecule has 4 aliphatic rings. The molecule has 17 heteroatoms. The fraction of sp³-hybridized carbons (Fsp3) is 0.667. The highest BCUT2D eigenvalue weighted by molar-refractivity contribution is 5.87. The van der Waals surface area contributed by atoms with Gasteiger partial charge in [-0.05, 0) is 38.0 Å². The Kier molecular flexibility index (Phi) is 11.9. The summed E-state index contributed by atoms with van der Waals surface area (Å²) in [6.45, 7) is 7.20. The summed E-state index contributed by atoms with van der Waals surface area (Å²) in [6, 6.07) is 0. The molecule has 0 radical (unpaired) electrons. The van der Waals surface area contributed by atoms with Crippen molar-refractivity contribution in [3.63, 3.8) is 0 Å². The van der Waals surface area contributed by atoms with Gasteiger partial charge in [-0.1, -0.05) is 6.08 Å². The summed E-state index contributed by atoms with van der Waals surface area (Å²) in [5.74, 6) is 1.05. The zero-order chi connectivity index (χ0) is 35.0. The van der Waals surface area contributed by atoms with Gasteiger partial charge < -0.3 is 30.1 Å². The molecule has 4 saturated heterocycles. The summed E-state index contributed by atoms with van der Waals surface area (Å²) < 4.78 is 46.7. The van der Waals surface area contributed by atoms with Crippen LogP contribution in [0.15, 0.2) is 18.3 Å². The molecule has 272 valence electrons. The minimum absolute atomic E-state index is 0.0108. The highest BCUT2D eigenvalue weighted by Crippen LogP contribution is 2.30. The number of piperidine rings is 1. The number of rotatable bonds is 11. The molecule has 14 nitrogen and oxygen atoms in total. The number of carbonyl (C=O) groups excluding carboxylic acids is 2. The number of hydrogen-bond donors (Lipinski definition) is 1. The fourth-order valence-electron chi connectivity index (χ4n) is 6.93. The predicted octanol–water partition coefficient (Wildman–Crippen LogP) is 2.34. The number of morpholine rings is 1. The molecule has 2 aromatic rings. The van der Waals surface area contributed by atoms with Crippen LogP contribution in [-0.2, 0) is 14.3 Å². The van der Waals surface area contributed by atoms with Crippen LogP contribution in [-0.4, -0.2) is 143 Å². The highest BCUT2D eigenvalue weighted by Gasteiger charge is 2.28. The van der Waals surface area contributed by atoms with Crippen molar-refractivity contribution >= 4 is 29.7 Å². The number of ether oxygens (including phenoxy) is 1. The lowest BCUT2D eigenvalue weighted by Crippen LogP contribution is -2.49. The van der Waals surface area contributed by atoms with E-state index in [2.05, 4.69) is 19.9 Å². The molecule has 2 amide bonds. The fourth-order valence-corrected chi connectivity index (χ4v) is 6.93. The summed E-state index contributed by atoms with van der Waals surface area (Å²) in [5, 5.41) is 0. The summed E-state index contributed by atoms with van der Waals surface area (Å²) in [5.41, 5.74) is 5.04. The third-order valence-corrected chi connectivity index (χ3v) is 9.87. The standard InChI is InChI=1S/C33H46F3N11O3/c34-24-8-10-43(22-24)9-2-5-27(49)44-11-6-23(7-12-44)3-1-4-26(48)45-13-15-46(16-14-45)32-40-30(25-21-38-31(37)39-28(25)29(35)36)41-33(42-32)47-17-19-50-20-18-47/h2,5,21,23-24,29H,1,3-4,6-20,22H2,(H2,37,38,39)/b5-2+/t24-/m0/s1. The molecule has 6 heterocycles. The van der Waals surface area contributed by atoms with Crippen LogP contribution >= 0.6 is 0 Å². The van der Waals surface area contributed by atoms with E-state index in [1.165, 1.54) is 6.20 Å². The van der Waals surface area contributed by atoms with Gasteiger partial charge in [0.15, 0.2) is 5.82 Å². The molecule has 0 unspecified atom stereocenters. The lowest BCUT2D eigenvalue weighted by molar-refractivity contribution is -0.131. The van der Waals surface area contributed by atoms with Gasteiger partial charge in [-0.3, -0.25) is 14.5 Å². The van der Waals surface area contributed by atoms with E-state index in [0.717, 1.165) is 32.2 Å². The molecule has 2 aromatic heterocycles. The molecular weight excluding hydrogens is 655 g/mol. The number of anilines is 3. The molecule has 1 atom stereocenters. The van der Waals surface area contributed by atoms with Gasteiger partial charge in [0.2, 0.25) is 29.7 Å². The summed E-state index contributed by atoms with van der Waals surface area (Å²) >= 11 is 0. The van der Waals surface area contributed by atoms with E-state index in [9.17, 15) is 22.8 Å². The first-order valence-electron chi connectivity index (χ1n) is 17.6. The van der Waals surface area contributed by atoms with Crippen molar-refractivity contribution in [3.8, 4) is 11.4 Å². The average Bonchev–Trinajstić information content (AvgIpc) is 3.56. The Hall–Kier alpha value is -4.12. The van der Waals surface area contributed by atoms with Crippen LogP contribution in [0.25, 0.3) is 11.4 Å². The first-order valence-corrected chi connectivity index (χ1v) is 17.6. The maximum Gasteiger partial charge on any atom is 0.281 e. The van der Waals surface area contributed by atoms with Crippen molar-refractivity contribution in [2.45, 2.75) is 51.1 Å². The van der Waals surface area contributed by atoms with E-state index in [-0.39, 0.29) is 29.2 Å². The molecule has 0 aromatic carbocycles. The van der Waals surface area contributed by atoms with Crippen LogP contribution in [0.3, 0.4) is 0 Å². The largest absolute Gasteiger partial charge is 0.378 e. The number of halogens is 3. The van der Waals surface area contributed by atoms with Gasteiger partial charge in [-0.15, -0.1) is 0 Å². The van der Waals surface area contributed by atoms with E-state index in [1.54, 1.807) is 6.08 Å². The van der Waals surface area contributed by atoms with Gasteiger partial charge in [-0.2, -0.15) is 15.0 Å². The Labute approximate surface area is 289 Å². The maximum absolute atomic E-state index is 13.9. The van der Waals surface area contributed by atoms with Crippen LogP contribution in [0.2, 0.25) is 0 Å². The Balaban J connectivity index is 0.976. The van der Waals surface area contributed by atoms with Crippen molar-refractivity contribution in [2.24, 2.45) is 5.92 Å². The Morgan fingerprint density at radius 2 is 1.60 bits per heavy atom. The molecule has 0 spiro atoms. The maximum atomic E-state index is 13.9. The SMILES string of the molecule is Nc1ncc(-c2nc(N3CCOCC3)nc(N3CCN(C(=O)CCCC4CCN(C(=O)/C=C/CN5CC[C@H](F)C5)CC4)CC3)n2)c(C(F)F)n1. The minimum Gasteiger partial charge on any atom is -0.378 e. The molecule has 4 aliphatic heterocycles. The first-order chi connectivity index (χ1) is 24.2. The second-order valence-electron chi connectivity index (χ2n) is 13.3. The van der Waals surface area contributed by atoms with Crippen LogP contribution in [0.4, 0.5) is 31.0 Å². The minimum atomic E-state index is -2.90. The second-order valence-corrected chi connectivity index (χ2v) is 13.3. The van der Waals surface area contributed by atoms with Crippen molar-refractivity contribution in [1.29, 1.82) is 0 Å². The highest BCUT2D eigenvalue weighted by atomic mass is 19.3. The molecule has 0 aliphatic carbocycles. The van der Waals surface area contributed by atoms with Gasteiger partial charge in [0, 0.05) is 90.7 Å². The molecule has 0 bridgehead atoms. The molecule has 6 rings (SSSR count). The van der Waals surface area contributed by atoms with Gasteiger partial charge in [-0.25, -0.2) is 23.1 Å². The van der Waals surface area contributed by atoms with Crippen molar-refractivity contribution < 1.29 is 27.5 Å². The van der Waals surface area contributed by atoms with E-state index < -0.39 is 18.3 Å². The number of hydrogen-bond acceptors (Lipinski definition) is 12. The number of likely N-dealkylation sites (tertiary alicyclic amines) is 2. The third-order valence-electron chi connectivity index (χ3n) is 9.87. The number of carbonyl (C=O) groups is 2. The van der Waals surface area contributed by atoms with E-state index in [1.807, 2.05) is 30.6 Å². The number of nitrogen functional groups attached to an aromatic ring is 1. The third kappa shape index (κ3) is 9.15. The van der Waals surface area contributed by atoms with E-state index >= 15 is 0 Å². The number of piperazine rings is 1. The number of alkyl halides is 3. The topological polar surface area (TPSA) is 150 Å². The van der Waals surface area contributed by atoms with Crippen LogP contribution in [0.5, 0.6) is 0 Å². The van der Waals surface area contributed by atoms with Crippen molar-refractivity contribution in [2.75, 3.05) is 101 Å². The molecule has 4 fully saturated rings. The predicted molar refractivity (Wildman–Crippen MR) is 180 cm³/mol. The monoisotopic (exact) mass is 701 g/mol. The van der Waals surface area contributed by atoms with E-state index in [0.29, 0.717) is 109 Å². The molecular formula is C33H46F3N11O3. The van der Waals surface area contributed by atoms with Gasteiger partial charge in [0.05, 0.1) is 18.8 Å². The number of amides is 2. The van der Waals surface area contributed by atoms with Gasteiger partial charge >= 0.3 is 0 Å². The van der Waals surface area contributed by atoms with Gasteiger partial charge in [0.1, 0.15) is 11.9 Å². The first kappa shape index (κ1) is 35.7. The molecule has 0 saturated carbocycles. The zero-order valence-electron chi connectivity index (χ0n) is 28.3. The molecule has 2 N–H and O–H groups in total. The number of nitrogens with two attached hydrogens (primary N) is 1. The Bertz CT molecular complexity index is 1500.